The number of carbonyl (C=O) groups is 1. The Labute approximate surface area is 165 Å². The summed E-state index contributed by atoms with van der Waals surface area (Å²) < 4.78 is 7.15. The molecule has 144 valence electrons. The summed E-state index contributed by atoms with van der Waals surface area (Å²) in [7, 11) is 0. The van der Waals surface area contributed by atoms with Crippen molar-refractivity contribution in [2.75, 3.05) is 24.0 Å². The first kappa shape index (κ1) is 17.5. The highest BCUT2D eigenvalue weighted by Crippen LogP contribution is 2.48. The lowest BCUT2D eigenvalue weighted by molar-refractivity contribution is -0.139. The van der Waals surface area contributed by atoms with Crippen molar-refractivity contribution in [1.29, 1.82) is 0 Å². The number of aromatic nitrogens is 3. The summed E-state index contributed by atoms with van der Waals surface area (Å²) in [6.07, 6.45) is 3.59. The number of hydrazine groups is 1. The predicted octanol–water partition coefficient (Wildman–Crippen LogP) is 1.99. The second-order valence-corrected chi connectivity index (χ2v) is 9.12. The molecule has 4 heterocycles. The molecule has 0 saturated carbocycles. The standard InChI is InChI=1S/C17H22N6O2S2/c1-3-25-12(24)7-26-17-21-20-16-22(17)15-13(14-18-8-19-23(14)16)10-6-9(2)4-5-11(10)27-15/h9,14,18-19H,3-8H2,1-2H3/t9-,14?/m0/s1. The van der Waals surface area contributed by atoms with Crippen LogP contribution in [0.25, 0.3) is 5.00 Å². The van der Waals surface area contributed by atoms with Gasteiger partial charge in [-0.05, 0) is 37.7 Å². The van der Waals surface area contributed by atoms with Crippen molar-refractivity contribution in [3.63, 3.8) is 0 Å². The SMILES string of the molecule is CCOC(=O)CSc1nnc2n1-c1sc3c(c1C1NCNN21)C[C@@H](C)CC3. The van der Waals surface area contributed by atoms with E-state index in [1.54, 1.807) is 0 Å². The van der Waals surface area contributed by atoms with Crippen LogP contribution in [0.2, 0.25) is 0 Å². The lowest BCUT2D eigenvalue weighted by Gasteiger charge is -2.31. The Hall–Kier alpha value is -1.62. The monoisotopic (exact) mass is 406 g/mol. The number of nitrogens with one attached hydrogen (secondary N) is 2. The number of fused-ring (bicyclic) bond motifs is 8. The molecule has 2 aliphatic heterocycles. The van der Waals surface area contributed by atoms with Crippen LogP contribution in [0.3, 0.4) is 0 Å². The molecule has 3 aliphatic rings. The van der Waals surface area contributed by atoms with Gasteiger partial charge in [0.25, 0.3) is 0 Å². The summed E-state index contributed by atoms with van der Waals surface area (Å²) in [5, 5.41) is 16.3. The smallest absolute Gasteiger partial charge is 0.316 e. The Bertz CT molecular complexity index is 894. The minimum atomic E-state index is -0.228. The summed E-state index contributed by atoms with van der Waals surface area (Å²) in [5.74, 6) is 1.49. The predicted molar refractivity (Wildman–Crippen MR) is 104 cm³/mol. The zero-order valence-corrected chi connectivity index (χ0v) is 17.0. The fraction of sp³-hybridized carbons (Fsp3) is 0.588. The summed E-state index contributed by atoms with van der Waals surface area (Å²) in [4.78, 5) is 13.3. The molecule has 2 aromatic heterocycles. The number of esters is 1. The van der Waals surface area contributed by atoms with Gasteiger partial charge in [-0.1, -0.05) is 18.7 Å². The van der Waals surface area contributed by atoms with E-state index in [1.807, 2.05) is 18.3 Å². The quantitative estimate of drug-likeness (QED) is 0.589. The number of nitrogens with zero attached hydrogens (tertiary/aromatic N) is 4. The average Bonchev–Trinajstić information content (AvgIpc) is 3.35. The van der Waals surface area contributed by atoms with Crippen LogP contribution < -0.4 is 15.8 Å². The fourth-order valence-electron chi connectivity index (χ4n) is 4.06. The fourth-order valence-corrected chi connectivity index (χ4v) is 6.22. The van der Waals surface area contributed by atoms with Crippen molar-refractivity contribution in [3.8, 4) is 5.00 Å². The van der Waals surface area contributed by atoms with E-state index in [9.17, 15) is 4.79 Å². The van der Waals surface area contributed by atoms with E-state index in [1.165, 1.54) is 39.2 Å². The Kier molecular flexibility index (Phi) is 4.38. The number of anilines is 1. The van der Waals surface area contributed by atoms with E-state index in [0.717, 1.165) is 23.9 Å². The van der Waals surface area contributed by atoms with Gasteiger partial charge in [-0.25, -0.2) is 9.99 Å². The number of carbonyl (C=O) groups excluding carboxylic acids is 1. The van der Waals surface area contributed by atoms with Crippen LogP contribution in [0.5, 0.6) is 0 Å². The molecule has 0 radical (unpaired) electrons. The molecule has 27 heavy (non-hydrogen) atoms. The molecule has 0 aromatic carbocycles. The second kappa shape index (κ2) is 6.77. The van der Waals surface area contributed by atoms with Crippen LogP contribution in [0.15, 0.2) is 5.16 Å². The van der Waals surface area contributed by atoms with Crippen molar-refractivity contribution < 1.29 is 9.53 Å². The number of hydrogen-bond donors (Lipinski definition) is 2. The third-order valence-electron chi connectivity index (χ3n) is 5.26. The van der Waals surface area contributed by atoms with Crippen LogP contribution >= 0.6 is 23.1 Å². The number of hydrogen-bond acceptors (Lipinski definition) is 9. The number of thiophene rings is 1. The van der Waals surface area contributed by atoms with Crippen LogP contribution in [-0.4, -0.2) is 39.8 Å². The van der Waals surface area contributed by atoms with Gasteiger partial charge in [0.1, 0.15) is 11.2 Å². The molecule has 8 nitrogen and oxygen atoms in total. The van der Waals surface area contributed by atoms with Gasteiger partial charge in [-0.2, -0.15) is 0 Å². The van der Waals surface area contributed by atoms with Gasteiger partial charge in [0.15, 0.2) is 5.16 Å². The number of aryl methyl sites for hydroxylation is 1. The van der Waals surface area contributed by atoms with E-state index < -0.39 is 0 Å². The van der Waals surface area contributed by atoms with E-state index in [4.69, 9.17) is 4.74 Å². The Morgan fingerprint density at radius 2 is 2.33 bits per heavy atom. The van der Waals surface area contributed by atoms with Gasteiger partial charge in [0.2, 0.25) is 5.95 Å². The third kappa shape index (κ3) is 2.77. The summed E-state index contributed by atoms with van der Waals surface area (Å²) >= 11 is 3.23. The molecular formula is C17H22N6O2S2. The summed E-state index contributed by atoms with van der Waals surface area (Å²) in [6, 6.07) is 0. The summed E-state index contributed by atoms with van der Waals surface area (Å²) in [6.45, 7) is 5.24. The Morgan fingerprint density at radius 1 is 1.44 bits per heavy atom. The molecule has 1 saturated heterocycles. The van der Waals surface area contributed by atoms with Crippen LogP contribution in [-0.2, 0) is 22.4 Å². The average molecular weight is 407 g/mol. The van der Waals surface area contributed by atoms with E-state index in [-0.39, 0.29) is 17.9 Å². The highest BCUT2D eigenvalue weighted by Gasteiger charge is 2.42. The molecule has 5 rings (SSSR count). The lowest BCUT2D eigenvalue weighted by atomic mass is 9.87. The van der Waals surface area contributed by atoms with Crippen LogP contribution in [0, 0.1) is 5.92 Å². The molecule has 0 spiro atoms. The van der Waals surface area contributed by atoms with E-state index in [0.29, 0.717) is 19.2 Å². The zero-order valence-electron chi connectivity index (χ0n) is 15.3. The van der Waals surface area contributed by atoms with Gasteiger partial charge in [-0.3, -0.25) is 15.1 Å². The highest BCUT2D eigenvalue weighted by atomic mass is 32.2. The van der Waals surface area contributed by atoms with Crippen molar-refractivity contribution in [2.45, 2.75) is 44.4 Å². The van der Waals surface area contributed by atoms with Gasteiger partial charge in [0.05, 0.1) is 19.0 Å². The topological polar surface area (TPSA) is 84.3 Å². The van der Waals surface area contributed by atoms with Gasteiger partial charge in [0, 0.05) is 10.4 Å². The lowest BCUT2D eigenvalue weighted by Crippen LogP contribution is -2.39. The Morgan fingerprint density at radius 3 is 3.19 bits per heavy atom. The molecule has 2 atom stereocenters. The maximum atomic E-state index is 11.8. The molecule has 2 N–H and O–H groups in total. The second-order valence-electron chi connectivity index (χ2n) is 7.09. The minimum Gasteiger partial charge on any atom is -0.465 e. The molecule has 0 bridgehead atoms. The number of ether oxygens (including phenoxy) is 1. The number of thioether (sulfide) groups is 1. The van der Waals surface area contributed by atoms with Crippen LogP contribution in [0.4, 0.5) is 5.95 Å². The number of rotatable bonds is 4. The van der Waals surface area contributed by atoms with Crippen molar-refractivity contribution in [1.82, 2.24) is 25.5 Å². The zero-order chi connectivity index (χ0) is 18.5. The minimum absolute atomic E-state index is 0.0879. The van der Waals surface area contributed by atoms with Gasteiger partial charge in [-0.15, -0.1) is 21.5 Å². The first-order valence-corrected chi connectivity index (χ1v) is 11.1. The van der Waals surface area contributed by atoms with Crippen LogP contribution in [0.1, 0.15) is 42.4 Å². The molecule has 1 fully saturated rings. The van der Waals surface area contributed by atoms with Gasteiger partial charge >= 0.3 is 5.97 Å². The highest BCUT2D eigenvalue weighted by molar-refractivity contribution is 7.99. The molecule has 0 amide bonds. The molecule has 1 unspecified atom stereocenters. The van der Waals surface area contributed by atoms with E-state index >= 15 is 0 Å². The molecule has 10 heteroatoms. The van der Waals surface area contributed by atoms with E-state index in [2.05, 4.69) is 37.4 Å². The van der Waals surface area contributed by atoms with Gasteiger partial charge < -0.3 is 4.74 Å². The Balaban J connectivity index is 1.57. The molecule has 2 aromatic rings. The molecule has 1 aliphatic carbocycles. The first-order chi connectivity index (χ1) is 13.2. The maximum absolute atomic E-state index is 11.8. The van der Waals surface area contributed by atoms with Crippen molar-refractivity contribution >= 4 is 35.0 Å². The maximum Gasteiger partial charge on any atom is 0.316 e. The molecular weight excluding hydrogens is 384 g/mol. The normalized spacial score (nSPS) is 22.8. The van der Waals surface area contributed by atoms with Crippen molar-refractivity contribution in [3.05, 3.63) is 16.0 Å². The van der Waals surface area contributed by atoms with Crippen molar-refractivity contribution in [2.24, 2.45) is 5.92 Å². The summed E-state index contributed by atoms with van der Waals surface area (Å²) in [5.41, 5.74) is 6.20. The first-order valence-electron chi connectivity index (χ1n) is 9.32. The third-order valence-corrected chi connectivity index (χ3v) is 7.46. The largest absolute Gasteiger partial charge is 0.465 e.